The van der Waals surface area contributed by atoms with E-state index in [2.05, 4.69) is 6.58 Å². The molecular weight excluding hydrogens is 168 g/mol. The van der Waals surface area contributed by atoms with Gasteiger partial charge < -0.3 is 9.84 Å². The van der Waals surface area contributed by atoms with Crippen molar-refractivity contribution in [1.82, 2.24) is 0 Å². The van der Waals surface area contributed by atoms with Gasteiger partial charge in [0.1, 0.15) is 5.60 Å². The number of hydrogen-bond donors (Lipinski definition) is 1. The number of carbonyl (C=O) groups excluding carboxylic acids is 1. The minimum atomic E-state index is -0.565. The molecule has 3 nitrogen and oxygen atoms in total. The Balaban J connectivity index is 4.26. The standard InChI is InChI=1S/C10H18O3/c1-5-10(4,6-7-11)13-9(12)8(2)3/h11H,2,5-7H2,1,3-4H3/t10-/m0/s1. The number of carbonyl (C=O) groups is 1. The first-order valence-electron chi connectivity index (χ1n) is 4.45. The Hall–Kier alpha value is -0.830. The predicted molar refractivity (Wildman–Crippen MR) is 51.3 cm³/mol. The highest BCUT2D eigenvalue weighted by molar-refractivity contribution is 5.87. The predicted octanol–water partition coefficient (Wildman–Crippen LogP) is 1.66. The second-order valence-corrected chi connectivity index (χ2v) is 3.45. The van der Waals surface area contributed by atoms with Crippen LogP contribution >= 0.6 is 0 Å². The van der Waals surface area contributed by atoms with Crippen molar-refractivity contribution in [3.63, 3.8) is 0 Å². The molecule has 0 heterocycles. The summed E-state index contributed by atoms with van der Waals surface area (Å²) in [4.78, 5) is 11.2. The third-order valence-electron chi connectivity index (χ3n) is 2.08. The van der Waals surface area contributed by atoms with Gasteiger partial charge in [-0.15, -0.1) is 0 Å². The van der Waals surface area contributed by atoms with E-state index in [1.807, 2.05) is 13.8 Å². The van der Waals surface area contributed by atoms with E-state index in [-0.39, 0.29) is 6.61 Å². The summed E-state index contributed by atoms with van der Waals surface area (Å²) in [6.07, 6.45) is 1.15. The van der Waals surface area contributed by atoms with Gasteiger partial charge in [-0.1, -0.05) is 13.5 Å². The maximum absolute atomic E-state index is 11.2. The third kappa shape index (κ3) is 4.08. The Morgan fingerprint density at radius 1 is 1.62 bits per heavy atom. The topological polar surface area (TPSA) is 46.5 Å². The summed E-state index contributed by atoms with van der Waals surface area (Å²) in [5, 5.41) is 8.77. The number of ether oxygens (including phenoxy) is 1. The first-order chi connectivity index (χ1) is 5.95. The van der Waals surface area contributed by atoms with Gasteiger partial charge in [-0.2, -0.15) is 0 Å². The van der Waals surface area contributed by atoms with Crippen molar-refractivity contribution in [3.8, 4) is 0 Å². The number of hydrogen-bond acceptors (Lipinski definition) is 3. The van der Waals surface area contributed by atoms with E-state index in [0.717, 1.165) is 0 Å². The molecule has 0 bridgehead atoms. The van der Waals surface area contributed by atoms with E-state index < -0.39 is 11.6 Å². The monoisotopic (exact) mass is 186 g/mol. The van der Waals surface area contributed by atoms with E-state index in [1.54, 1.807) is 6.92 Å². The van der Waals surface area contributed by atoms with Crippen molar-refractivity contribution in [1.29, 1.82) is 0 Å². The number of aliphatic hydroxyl groups is 1. The molecule has 76 valence electrons. The van der Waals surface area contributed by atoms with Gasteiger partial charge in [0.05, 0.1) is 0 Å². The molecule has 0 aliphatic heterocycles. The molecule has 0 aromatic rings. The highest BCUT2D eigenvalue weighted by Gasteiger charge is 2.26. The molecule has 0 amide bonds. The van der Waals surface area contributed by atoms with Crippen LogP contribution in [-0.2, 0) is 9.53 Å². The van der Waals surface area contributed by atoms with E-state index >= 15 is 0 Å². The first-order valence-corrected chi connectivity index (χ1v) is 4.45. The van der Waals surface area contributed by atoms with Crippen molar-refractivity contribution in [2.24, 2.45) is 0 Å². The summed E-state index contributed by atoms with van der Waals surface area (Å²) in [6, 6.07) is 0. The molecule has 0 aliphatic rings. The van der Waals surface area contributed by atoms with E-state index in [4.69, 9.17) is 9.84 Å². The minimum Gasteiger partial charge on any atom is -0.456 e. The van der Waals surface area contributed by atoms with Crippen molar-refractivity contribution < 1.29 is 14.6 Å². The average molecular weight is 186 g/mol. The van der Waals surface area contributed by atoms with Crippen LogP contribution in [0.3, 0.4) is 0 Å². The number of esters is 1. The molecule has 0 aromatic heterocycles. The quantitative estimate of drug-likeness (QED) is 0.524. The largest absolute Gasteiger partial charge is 0.456 e. The van der Waals surface area contributed by atoms with Crippen LogP contribution in [0.1, 0.15) is 33.6 Å². The van der Waals surface area contributed by atoms with Crippen molar-refractivity contribution >= 4 is 5.97 Å². The average Bonchev–Trinajstić information content (AvgIpc) is 2.04. The van der Waals surface area contributed by atoms with Crippen LogP contribution in [0.25, 0.3) is 0 Å². The zero-order chi connectivity index (χ0) is 10.5. The summed E-state index contributed by atoms with van der Waals surface area (Å²) in [6.45, 7) is 8.85. The van der Waals surface area contributed by atoms with E-state index in [9.17, 15) is 4.79 Å². The van der Waals surface area contributed by atoms with Crippen LogP contribution in [0, 0.1) is 0 Å². The van der Waals surface area contributed by atoms with E-state index in [0.29, 0.717) is 18.4 Å². The molecule has 0 aromatic carbocycles. The second kappa shape index (κ2) is 5.02. The van der Waals surface area contributed by atoms with Crippen LogP contribution in [-0.4, -0.2) is 23.3 Å². The fourth-order valence-electron chi connectivity index (χ4n) is 0.847. The van der Waals surface area contributed by atoms with Crippen LogP contribution in [0.4, 0.5) is 0 Å². The summed E-state index contributed by atoms with van der Waals surface area (Å²) in [5.41, 5.74) is -0.178. The SMILES string of the molecule is C=C(C)C(=O)O[C@@](C)(CC)CCO. The first kappa shape index (κ1) is 12.2. The molecule has 0 spiro atoms. The van der Waals surface area contributed by atoms with Crippen molar-refractivity contribution in [2.45, 2.75) is 39.2 Å². The second-order valence-electron chi connectivity index (χ2n) is 3.45. The molecule has 1 atom stereocenters. The van der Waals surface area contributed by atoms with E-state index in [1.165, 1.54) is 0 Å². The van der Waals surface area contributed by atoms with Gasteiger partial charge >= 0.3 is 5.97 Å². The Kier molecular flexibility index (Phi) is 4.70. The zero-order valence-corrected chi connectivity index (χ0v) is 8.59. The van der Waals surface area contributed by atoms with Gasteiger partial charge in [0, 0.05) is 18.6 Å². The van der Waals surface area contributed by atoms with Gasteiger partial charge in [0.2, 0.25) is 0 Å². The number of aliphatic hydroxyl groups excluding tert-OH is 1. The molecule has 0 fully saturated rings. The van der Waals surface area contributed by atoms with Gasteiger partial charge in [-0.3, -0.25) is 0 Å². The highest BCUT2D eigenvalue weighted by Crippen LogP contribution is 2.20. The van der Waals surface area contributed by atoms with Gasteiger partial charge in [0.15, 0.2) is 0 Å². The summed E-state index contributed by atoms with van der Waals surface area (Å²) < 4.78 is 5.19. The lowest BCUT2D eigenvalue weighted by Crippen LogP contribution is -2.32. The lowest BCUT2D eigenvalue weighted by atomic mass is 9.99. The molecule has 1 N–H and O–H groups in total. The fourth-order valence-corrected chi connectivity index (χ4v) is 0.847. The lowest BCUT2D eigenvalue weighted by Gasteiger charge is -2.27. The molecule has 0 saturated carbocycles. The van der Waals surface area contributed by atoms with Crippen molar-refractivity contribution in [3.05, 3.63) is 12.2 Å². The summed E-state index contributed by atoms with van der Waals surface area (Å²) in [7, 11) is 0. The molecule has 0 radical (unpaired) electrons. The molecule has 0 rings (SSSR count). The lowest BCUT2D eigenvalue weighted by molar-refractivity contribution is -0.154. The molecule has 0 unspecified atom stereocenters. The van der Waals surface area contributed by atoms with Crippen molar-refractivity contribution in [2.75, 3.05) is 6.61 Å². The molecule has 0 aliphatic carbocycles. The van der Waals surface area contributed by atoms with Crippen LogP contribution < -0.4 is 0 Å². The Bertz CT molecular complexity index is 198. The summed E-state index contributed by atoms with van der Waals surface area (Å²) in [5.74, 6) is -0.391. The van der Waals surface area contributed by atoms with Crippen LogP contribution in [0.15, 0.2) is 12.2 Å². The van der Waals surface area contributed by atoms with Crippen LogP contribution in [0.2, 0.25) is 0 Å². The fraction of sp³-hybridized carbons (Fsp3) is 0.700. The Labute approximate surface area is 79.4 Å². The van der Waals surface area contributed by atoms with Crippen LogP contribution in [0.5, 0.6) is 0 Å². The molecule has 3 heteroatoms. The Morgan fingerprint density at radius 3 is 2.46 bits per heavy atom. The third-order valence-corrected chi connectivity index (χ3v) is 2.08. The minimum absolute atomic E-state index is 0.0216. The zero-order valence-electron chi connectivity index (χ0n) is 8.59. The number of rotatable bonds is 5. The normalized spacial score (nSPS) is 14.8. The highest BCUT2D eigenvalue weighted by atomic mass is 16.6. The molecular formula is C10H18O3. The van der Waals surface area contributed by atoms with Gasteiger partial charge in [-0.05, 0) is 20.3 Å². The maximum atomic E-state index is 11.2. The molecule has 0 saturated heterocycles. The Morgan fingerprint density at radius 2 is 2.15 bits per heavy atom. The smallest absolute Gasteiger partial charge is 0.333 e. The maximum Gasteiger partial charge on any atom is 0.333 e. The van der Waals surface area contributed by atoms with Gasteiger partial charge in [0.25, 0.3) is 0 Å². The van der Waals surface area contributed by atoms with Gasteiger partial charge in [-0.25, -0.2) is 4.79 Å². The molecule has 13 heavy (non-hydrogen) atoms. The summed E-state index contributed by atoms with van der Waals surface area (Å²) >= 11 is 0.